The van der Waals surface area contributed by atoms with E-state index in [1.807, 2.05) is 12.1 Å². The Labute approximate surface area is 212 Å². The first kappa shape index (κ1) is 26.1. The highest BCUT2D eigenvalue weighted by atomic mass is 31.1. The minimum absolute atomic E-state index is 0.152. The highest BCUT2D eigenvalue weighted by Gasteiger charge is 2.37. The molecule has 3 aromatic rings. The van der Waals surface area contributed by atoms with Crippen LogP contribution in [0, 0.1) is 6.92 Å². The van der Waals surface area contributed by atoms with Gasteiger partial charge in [0, 0.05) is 12.1 Å². The van der Waals surface area contributed by atoms with E-state index in [-0.39, 0.29) is 17.9 Å². The fourth-order valence-electron chi connectivity index (χ4n) is 4.80. The van der Waals surface area contributed by atoms with Gasteiger partial charge in [0.25, 0.3) is 0 Å². The minimum atomic E-state index is -2.34. The summed E-state index contributed by atoms with van der Waals surface area (Å²) in [5.41, 5.74) is 2.93. The van der Waals surface area contributed by atoms with E-state index in [1.165, 1.54) is 5.56 Å². The largest absolute Gasteiger partial charge is 0.546 e. The summed E-state index contributed by atoms with van der Waals surface area (Å²) < 4.78 is 23.0. The van der Waals surface area contributed by atoms with E-state index in [9.17, 15) is 19.7 Å². The summed E-state index contributed by atoms with van der Waals surface area (Å²) in [5.74, 6) is 1.57. The highest BCUT2D eigenvalue weighted by molar-refractivity contribution is 7.47. The van der Waals surface area contributed by atoms with Gasteiger partial charge in [-0.1, -0.05) is 37.1 Å². The standard InChI is InChI=1S/C28H32NO6P/c1-20-26(5-4-6-27(20)35-18-21-7-13-25(14-8-21)36(32)33)28(15-2-3-16-28)29-17-23(31)19-34-24-11-9-22(30)10-12-24/h4-14,23,29,31H,2-3,15-19H2,1H3,(H-,30,32,33)/p+1/t23-/m0/s1. The molecule has 1 saturated carbocycles. The molecule has 0 heterocycles. The lowest BCUT2D eigenvalue weighted by molar-refractivity contribution is 0.0961. The van der Waals surface area contributed by atoms with Gasteiger partial charge in [0.15, 0.2) is 0 Å². The number of aromatic hydroxyl groups is 1. The predicted molar refractivity (Wildman–Crippen MR) is 139 cm³/mol. The van der Waals surface area contributed by atoms with Crippen LogP contribution in [0.4, 0.5) is 0 Å². The first-order chi connectivity index (χ1) is 17.4. The van der Waals surface area contributed by atoms with Crippen molar-refractivity contribution in [1.29, 1.82) is 0 Å². The second-order valence-electron chi connectivity index (χ2n) is 9.29. The summed E-state index contributed by atoms with van der Waals surface area (Å²) in [6.07, 6.45) is 3.48. The van der Waals surface area contributed by atoms with E-state index in [4.69, 9.17) is 9.47 Å². The zero-order chi connectivity index (χ0) is 25.5. The molecule has 190 valence electrons. The Morgan fingerprint density at radius 3 is 2.36 bits per heavy atom. The van der Waals surface area contributed by atoms with Gasteiger partial charge in [-0.25, -0.2) is 0 Å². The number of ether oxygens (including phenoxy) is 2. The number of hydrogen-bond donors (Lipinski definition) is 4. The van der Waals surface area contributed by atoms with E-state index >= 15 is 0 Å². The van der Waals surface area contributed by atoms with Gasteiger partial charge in [0.2, 0.25) is 5.30 Å². The highest BCUT2D eigenvalue weighted by Crippen LogP contribution is 2.42. The van der Waals surface area contributed by atoms with Crippen LogP contribution in [0.2, 0.25) is 0 Å². The molecule has 7 nitrogen and oxygen atoms in total. The van der Waals surface area contributed by atoms with Gasteiger partial charge in [-0.3, -0.25) is 0 Å². The molecule has 4 N–H and O–H groups in total. The van der Waals surface area contributed by atoms with Crippen molar-refractivity contribution in [1.82, 2.24) is 5.32 Å². The summed E-state index contributed by atoms with van der Waals surface area (Å²) in [4.78, 5) is 9.23. The summed E-state index contributed by atoms with van der Waals surface area (Å²) in [7, 11) is -2.34. The van der Waals surface area contributed by atoms with Gasteiger partial charge in [-0.15, -0.1) is 0 Å². The number of aliphatic hydroxyl groups excluding tert-OH is 1. The molecular formula is C28H33NO6P+. The number of phenolic OH excluding ortho intramolecular Hbond substituents is 1. The molecule has 36 heavy (non-hydrogen) atoms. The Morgan fingerprint density at radius 2 is 1.69 bits per heavy atom. The van der Waals surface area contributed by atoms with Crippen LogP contribution in [-0.2, 0) is 16.7 Å². The second-order valence-corrected chi connectivity index (χ2v) is 10.3. The van der Waals surface area contributed by atoms with Crippen molar-refractivity contribution in [2.24, 2.45) is 0 Å². The third-order valence-corrected chi connectivity index (χ3v) is 7.50. The van der Waals surface area contributed by atoms with Crippen molar-refractivity contribution in [2.75, 3.05) is 13.2 Å². The molecule has 3 aromatic carbocycles. The average molecular weight is 511 g/mol. The third-order valence-electron chi connectivity index (χ3n) is 6.76. The van der Waals surface area contributed by atoms with Crippen LogP contribution in [0.1, 0.15) is 42.4 Å². The van der Waals surface area contributed by atoms with E-state index in [0.29, 0.717) is 24.2 Å². The van der Waals surface area contributed by atoms with Crippen molar-refractivity contribution < 1.29 is 29.1 Å². The van der Waals surface area contributed by atoms with Gasteiger partial charge < -0.3 is 25.0 Å². The Morgan fingerprint density at radius 1 is 1.00 bits per heavy atom. The van der Waals surface area contributed by atoms with Crippen LogP contribution in [0.15, 0.2) is 66.7 Å². The number of nitrogens with one attached hydrogen (secondary N) is 1. The number of rotatable bonds is 11. The summed E-state index contributed by atoms with van der Waals surface area (Å²) in [6, 6.07) is 19.5. The number of hydrogen-bond acceptors (Lipinski definition) is 6. The molecule has 0 bridgehead atoms. The van der Waals surface area contributed by atoms with Gasteiger partial charge in [0.05, 0.1) is 0 Å². The zero-order valence-corrected chi connectivity index (χ0v) is 21.3. The molecule has 0 radical (unpaired) electrons. The van der Waals surface area contributed by atoms with E-state index in [0.717, 1.165) is 42.6 Å². The van der Waals surface area contributed by atoms with Crippen molar-refractivity contribution in [2.45, 2.75) is 50.9 Å². The predicted octanol–water partition coefficient (Wildman–Crippen LogP) is 4.44. The van der Waals surface area contributed by atoms with Crippen LogP contribution >= 0.6 is 8.03 Å². The van der Waals surface area contributed by atoms with Crippen molar-refractivity contribution in [3.05, 3.63) is 83.4 Å². The quantitative estimate of drug-likeness (QED) is 0.283. The Hall–Kier alpha value is -2.96. The first-order valence-electron chi connectivity index (χ1n) is 12.2. The molecule has 1 aliphatic rings. The Kier molecular flexibility index (Phi) is 8.60. The monoisotopic (exact) mass is 510 g/mol. The maximum absolute atomic E-state index is 11.2. The molecule has 1 aliphatic carbocycles. The molecule has 0 spiro atoms. The third kappa shape index (κ3) is 6.42. The maximum atomic E-state index is 11.2. The minimum Gasteiger partial charge on any atom is -0.508 e. The topological polar surface area (TPSA) is 108 Å². The van der Waals surface area contributed by atoms with Gasteiger partial charge >= 0.3 is 8.03 Å². The maximum Gasteiger partial charge on any atom is 0.546 e. The fraction of sp³-hybridized carbons (Fsp3) is 0.357. The van der Waals surface area contributed by atoms with Crippen molar-refractivity contribution >= 4 is 13.3 Å². The molecule has 1 unspecified atom stereocenters. The molecule has 8 heteroatoms. The molecule has 0 aliphatic heterocycles. The van der Waals surface area contributed by atoms with Crippen molar-refractivity contribution in [3.63, 3.8) is 0 Å². The molecule has 4 rings (SSSR count). The normalized spacial score (nSPS) is 15.9. The average Bonchev–Trinajstić information content (AvgIpc) is 3.37. The fourth-order valence-corrected chi connectivity index (χ4v) is 5.20. The molecule has 0 saturated heterocycles. The molecule has 1 fully saturated rings. The lowest BCUT2D eigenvalue weighted by atomic mass is 9.84. The first-order valence-corrected chi connectivity index (χ1v) is 13.4. The molecule has 0 aromatic heterocycles. The van der Waals surface area contributed by atoms with Crippen molar-refractivity contribution in [3.8, 4) is 17.2 Å². The van der Waals surface area contributed by atoms with Crippen LogP contribution in [0.5, 0.6) is 17.2 Å². The van der Waals surface area contributed by atoms with E-state index < -0.39 is 14.1 Å². The second kappa shape index (κ2) is 11.8. The lowest BCUT2D eigenvalue weighted by Gasteiger charge is -2.34. The summed E-state index contributed by atoms with van der Waals surface area (Å²) in [5, 5.41) is 24.0. The molecular weight excluding hydrogens is 477 g/mol. The van der Waals surface area contributed by atoms with Crippen LogP contribution in [0.25, 0.3) is 0 Å². The van der Waals surface area contributed by atoms with Gasteiger partial charge in [-0.2, -0.15) is 4.89 Å². The summed E-state index contributed by atoms with van der Waals surface area (Å²) in [6.45, 7) is 2.97. The van der Waals surface area contributed by atoms with Crippen LogP contribution in [0.3, 0.4) is 0 Å². The Bertz CT molecular complexity index is 1160. The van der Waals surface area contributed by atoms with Gasteiger partial charge in [-0.05, 0) is 83.5 Å². The van der Waals surface area contributed by atoms with E-state index in [1.54, 1.807) is 48.5 Å². The van der Waals surface area contributed by atoms with E-state index in [2.05, 4.69) is 18.3 Å². The number of aliphatic hydroxyl groups is 1. The molecule has 0 amide bonds. The Balaban J connectivity index is 1.40. The number of benzene rings is 3. The van der Waals surface area contributed by atoms with Crippen LogP contribution in [-0.4, -0.2) is 34.4 Å². The van der Waals surface area contributed by atoms with Crippen LogP contribution < -0.4 is 20.1 Å². The SMILES string of the molecule is Cc1c(OCc2ccc([P+](=O)O)cc2)cccc1C1(NC[C@H](O)COc2ccc(O)cc2)CCCC1. The lowest BCUT2D eigenvalue weighted by Crippen LogP contribution is -2.45. The smallest absolute Gasteiger partial charge is 0.508 e. The zero-order valence-electron chi connectivity index (χ0n) is 20.4. The molecule has 2 atom stereocenters. The summed E-state index contributed by atoms with van der Waals surface area (Å²) >= 11 is 0. The van der Waals surface area contributed by atoms with Gasteiger partial charge in [0.1, 0.15) is 36.6 Å². The number of phenols is 1.